The van der Waals surface area contributed by atoms with Crippen LogP contribution in [0.2, 0.25) is 5.02 Å². The number of carbonyl (C=O) groups is 2. The number of hydrogen-bond donors (Lipinski definition) is 1. The third-order valence-electron chi connectivity index (χ3n) is 6.95. The van der Waals surface area contributed by atoms with Gasteiger partial charge in [-0.05, 0) is 46.2 Å². The van der Waals surface area contributed by atoms with E-state index >= 15 is 0 Å². The SMILES string of the molecule is CC(C)CNC(=O)[C@H](Cc1ccccc1)N(Cc1ccccc1Cl)C(=O)CN(c1ccc(C(C)(C)C)cc1)S(C)(=O)=O. The standard InChI is InChI=1S/C33H42ClN3O4S/c1-24(2)21-35-32(39)30(20-25-12-8-7-9-13-25)36(22-26-14-10-11-15-29(26)34)31(38)23-37(42(6,40)41)28-18-16-27(17-19-28)33(3,4)5/h7-19,24,30H,20-23H2,1-6H3,(H,35,39)/t30-/m0/s1. The van der Waals surface area contributed by atoms with Crippen molar-refractivity contribution >= 4 is 39.1 Å². The Morgan fingerprint density at radius 3 is 2.05 bits per heavy atom. The van der Waals surface area contributed by atoms with Crippen LogP contribution in [0.25, 0.3) is 0 Å². The van der Waals surface area contributed by atoms with Crippen LogP contribution in [0.15, 0.2) is 78.9 Å². The van der Waals surface area contributed by atoms with Crippen molar-refractivity contribution in [3.63, 3.8) is 0 Å². The number of nitrogens with one attached hydrogen (secondary N) is 1. The van der Waals surface area contributed by atoms with Crippen LogP contribution < -0.4 is 9.62 Å². The van der Waals surface area contributed by atoms with Crippen LogP contribution in [-0.2, 0) is 38.0 Å². The second-order valence-electron chi connectivity index (χ2n) is 12.0. The van der Waals surface area contributed by atoms with Crippen molar-refractivity contribution in [3.8, 4) is 0 Å². The summed E-state index contributed by atoms with van der Waals surface area (Å²) in [6.07, 6.45) is 1.33. The van der Waals surface area contributed by atoms with Crippen LogP contribution in [-0.4, -0.2) is 50.5 Å². The average Bonchev–Trinajstić information content (AvgIpc) is 2.92. The smallest absolute Gasteiger partial charge is 0.244 e. The summed E-state index contributed by atoms with van der Waals surface area (Å²) in [6, 6.07) is 22.9. The van der Waals surface area contributed by atoms with Gasteiger partial charge in [-0.1, -0.05) is 107 Å². The van der Waals surface area contributed by atoms with Gasteiger partial charge >= 0.3 is 0 Å². The first-order valence-electron chi connectivity index (χ1n) is 14.1. The summed E-state index contributed by atoms with van der Waals surface area (Å²) in [4.78, 5) is 29.3. The molecular formula is C33H42ClN3O4S. The van der Waals surface area contributed by atoms with Gasteiger partial charge in [0.1, 0.15) is 12.6 Å². The lowest BCUT2D eigenvalue weighted by atomic mass is 9.87. The molecular weight excluding hydrogens is 570 g/mol. The molecule has 42 heavy (non-hydrogen) atoms. The van der Waals surface area contributed by atoms with E-state index in [4.69, 9.17) is 11.6 Å². The Hall–Kier alpha value is -3.36. The molecule has 2 amide bonds. The number of benzene rings is 3. The van der Waals surface area contributed by atoms with E-state index in [1.807, 2.05) is 62.4 Å². The molecule has 0 spiro atoms. The Kier molecular flexibility index (Phi) is 11.2. The Balaban J connectivity index is 2.05. The summed E-state index contributed by atoms with van der Waals surface area (Å²) in [5.41, 5.74) is 2.82. The maximum absolute atomic E-state index is 14.2. The van der Waals surface area contributed by atoms with E-state index in [0.29, 0.717) is 22.8 Å². The molecule has 0 fully saturated rings. The van der Waals surface area contributed by atoms with Gasteiger partial charge in [0, 0.05) is 24.5 Å². The molecule has 3 rings (SSSR count). The maximum Gasteiger partial charge on any atom is 0.244 e. The largest absolute Gasteiger partial charge is 0.354 e. The zero-order chi connectivity index (χ0) is 31.1. The van der Waals surface area contributed by atoms with E-state index in [1.165, 1.54) is 4.90 Å². The highest BCUT2D eigenvalue weighted by Gasteiger charge is 2.33. The Bertz CT molecular complexity index is 1450. The van der Waals surface area contributed by atoms with E-state index in [-0.39, 0.29) is 30.2 Å². The fourth-order valence-electron chi connectivity index (χ4n) is 4.53. The molecule has 0 saturated carbocycles. The third kappa shape index (κ3) is 9.33. The molecule has 9 heteroatoms. The maximum atomic E-state index is 14.2. The molecule has 0 radical (unpaired) electrons. The molecule has 0 aliphatic carbocycles. The normalized spacial score (nSPS) is 12.6. The van der Waals surface area contributed by atoms with Gasteiger partial charge in [-0.15, -0.1) is 0 Å². The summed E-state index contributed by atoms with van der Waals surface area (Å²) < 4.78 is 27.1. The summed E-state index contributed by atoms with van der Waals surface area (Å²) in [5, 5.41) is 3.43. The second-order valence-corrected chi connectivity index (χ2v) is 14.3. The fraction of sp³-hybridized carbons (Fsp3) is 0.394. The van der Waals surface area contributed by atoms with Crippen LogP contribution >= 0.6 is 11.6 Å². The van der Waals surface area contributed by atoms with Crippen molar-refractivity contribution < 1.29 is 18.0 Å². The number of anilines is 1. The fourth-order valence-corrected chi connectivity index (χ4v) is 5.57. The zero-order valence-electron chi connectivity index (χ0n) is 25.3. The van der Waals surface area contributed by atoms with Crippen LogP contribution in [0.1, 0.15) is 51.3 Å². The Morgan fingerprint density at radius 2 is 1.50 bits per heavy atom. The Labute approximate surface area is 255 Å². The molecule has 1 atom stereocenters. The Morgan fingerprint density at radius 1 is 0.905 bits per heavy atom. The van der Waals surface area contributed by atoms with Crippen molar-refractivity contribution in [2.45, 2.75) is 59.0 Å². The van der Waals surface area contributed by atoms with E-state index in [1.54, 1.807) is 30.3 Å². The molecule has 0 aromatic heterocycles. The molecule has 7 nitrogen and oxygen atoms in total. The molecule has 0 aliphatic heterocycles. The topological polar surface area (TPSA) is 86.8 Å². The highest BCUT2D eigenvalue weighted by molar-refractivity contribution is 7.92. The van der Waals surface area contributed by atoms with E-state index in [9.17, 15) is 18.0 Å². The van der Waals surface area contributed by atoms with Crippen molar-refractivity contribution in [2.24, 2.45) is 5.92 Å². The minimum absolute atomic E-state index is 0.0334. The molecule has 0 saturated heterocycles. The average molecular weight is 612 g/mol. The number of sulfonamides is 1. The molecule has 0 bridgehead atoms. The first-order valence-corrected chi connectivity index (χ1v) is 16.3. The molecule has 3 aromatic carbocycles. The summed E-state index contributed by atoms with van der Waals surface area (Å²) in [7, 11) is -3.84. The summed E-state index contributed by atoms with van der Waals surface area (Å²) in [5.74, 6) is -0.620. The summed E-state index contributed by atoms with van der Waals surface area (Å²) >= 11 is 6.50. The number of nitrogens with zero attached hydrogens (tertiary/aromatic N) is 2. The molecule has 1 N–H and O–H groups in total. The lowest BCUT2D eigenvalue weighted by Crippen LogP contribution is -2.53. The predicted molar refractivity (Wildman–Crippen MR) is 171 cm³/mol. The van der Waals surface area contributed by atoms with Gasteiger partial charge in [0.15, 0.2) is 0 Å². The van der Waals surface area contributed by atoms with Gasteiger partial charge in [0.05, 0.1) is 11.9 Å². The van der Waals surface area contributed by atoms with Crippen LogP contribution in [0.4, 0.5) is 5.69 Å². The minimum atomic E-state index is -3.84. The number of amides is 2. The lowest BCUT2D eigenvalue weighted by molar-refractivity contribution is -0.140. The first-order chi connectivity index (χ1) is 19.7. The van der Waals surface area contributed by atoms with Gasteiger partial charge in [-0.25, -0.2) is 8.42 Å². The number of carbonyl (C=O) groups excluding carboxylic acids is 2. The van der Waals surface area contributed by atoms with Gasteiger partial charge < -0.3 is 10.2 Å². The predicted octanol–water partition coefficient (Wildman–Crippen LogP) is 5.82. The first kappa shape index (κ1) is 33.1. The van der Waals surface area contributed by atoms with Gasteiger partial charge in [-0.2, -0.15) is 0 Å². The van der Waals surface area contributed by atoms with Gasteiger partial charge in [-0.3, -0.25) is 13.9 Å². The van der Waals surface area contributed by atoms with Crippen LogP contribution in [0.5, 0.6) is 0 Å². The summed E-state index contributed by atoms with van der Waals surface area (Å²) in [6.45, 7) is 10.2. The van der Waals surface area contributed by atoms with Crippen LogP contribution in [0, 0.1) is 5.92 Å². The molecule has 3 aromatic rings. The monoisotopic (exact) mass is 611 g/mol. The number of hydrogen-bond acceptors (Lipinski definition) is 4. The van der Waals surface area contributed by atoms with Crippen molar-refractivity contribution in [1.29, 1.82) is 0 Å². The van der Waals surface area contributed by atoms with E-state index in [2.05, 4.69) is 26.1 Å². The van der Waals surface area contributed by atoms with Gasteiger partial charge in [0.25, 0.3) is 0 Å². The zero-order valence-corrected chi connectivity index (χ0v) is 26.9. The molecule has 0 heterocycles. The van der Waals surface area contributed by atoms with Crippen molar-refractivity contribution in [2.75, 3.05) is 23.7 Å². The van der Waals surface area contributed by atoms with Crippen LogP contribution in [0.3, 0.4) is 0 Å². The quantitative estimate of drug-likeness (QED) is 0.280. The molecule has 0 aliphatic rings. The highest BCUT2D eigenvalue weighted by atomic mass is 35.5. The van der Waals surface area contributed by atoms with E-state index in [0.717, 1.165) is 21.7 Å². The minimum Gasteiger partial charge on any atom is -0.354 e. The molecule has 226 valence electrons. The number of halogens is 1. The third-order valence-corrected chi connectivity index (χ3v) is 8.46. The lowest BCUT2D eigenvalue weighted by Gasteiger charge is -2.34. The molecule has 0 unspecified atom stereocenters. The van der Waals surface area contributed by atoms with Gasteiger partial charge in [0.2, 0.25) is 21.8 Å². The highest BCUT2D eigenvalue weighted by Crippen LogP contribution is 2.27. The van der Waals surface area contributed by atoms with Crippen molar-refractivity contribution in [3.05, 3.63) is 101 Å². The number of rotatable bonds is 12. The van der Waals surface area contributed by atoms with E-state index < -0.39 is 28.5 Å². The second kappa shape index (κ2) is 14.2. The van der Waals surface area contributed by atoms with Crippen molar-refractivity contribution in [1.82, 2.24) is 10.2 Å².